The minimum Gasteiger partial charge on any atom is -0.0956 e. The Balaban J connectivity index is 3.83. The van der Waals surface area contributed by atoms with Crippen molar-refractivity contribution >= 4 is 0 Å². The van der Waals surface area contributed by atoms with Crippen molar-refractivity contribution in [3.05, 3.63) is 23.8 Å². The Bertz CT molecular complexity index is 107. The van der Waals surface area contributed by atoms with Gasteiger partial charge in [0.2, 0.25) is 0 Å². The number of rotatable bonds is 2. The molecule has 0 aromatic rings. The van der Waals surface area contributed by atoms with E-state index in [0.717, 1.165) is 6.42 Å². The zero-order chi connectivity index (χ0) is 6.57. The number of allylic oxidation sites excluding steroid dienone is 3. The summed E-state index contributed by atoms with van der Waals surface area (Å²) in [5.74, 6) is 0. The van der Waals surface area contributed by atoms with Gasteiger partial charge < -0.3 is 0 Å². The van der Waals surface area contributed by atoms with Gasteiger partial charge in [-0.1, -0.05) is 30.7 Å². The number of hydrogen-bond acceptors (Lipinski definition) is 0. The van der Waals surface area contributed by atoms with Gasteiger partial charge in [-0.2, -0.15) is 0 Å². The molecule has 0 atom stereocenters. The van der Waals surface area contributed by atoms with Gasteiger partial charge in [0.25, 0.3) is 0 Å². The van der Waals surface area contributed by atoms with Gasteiger partial charge in [-0.25, -0.2) is 0 Å². The largest absolute Gasteiger partial charge is 0.0956 e. The zero-order valence-electron chi connectivity index (χ0n) is 5.99. The van der Waals surface area contributed by atoms with Crippen molar-refractivity contribution in [1.82, 2.24) is 0 Å². The van der Waals surface area contributed by atoms with E-state index in [1.54, 1.807) is 0 Å². The van der Waals surface area contributed by atoms with Crippen molar-refractivity contribution < 1.29 is 0 Å². The predicted octanol–water partition coefficient (Wildman–Crippen LogP) is 2.92. The second-order valence-corrected chi connectivity index (χ2v) is 1.93. The molecule has 0 N–H and O–H groups in total. The molecule has 0 heteroatoms. The highest BCUT2D eigenvalue weighted by molar-refractivity contribution is 5.24. The summed E-state index contributed by atoms with van der Waals surface area (Å²) in [4.78, 5) is 0. The first-order valence-electron chi connectivity index (χ1n) is 3.03. The summed E-state index contributed by atoms with van der Waals surface area (Å²) < 4.78 is 0. The minimum atomic E-state index is 1.07. The van der Waals surface area contributed by atoms with Gasteiger partial charge in [-0.3, -0.25) is 0 Å². The van der Waals surface area contributed by atoms with Gasteiger partial charge in [0.05, 0.1) is 0 Å². The van der Waals surface area contributed by atoms with Gasteiger partial charge in [0.15, 0.2) is 0 Å². The Morgan fingerprint density at radius 2 is 2.12 bits per heavy atom. The van der Waals surface area contributed by atoms with Gasteiger partial charge in [0, 0.05) is 0 Å². The maximum atomic E-state index is 3.88. The molecule has 0 spiro atoms. The first-order chi connectivity index (χ1) is 3.72. The monoisotopic (exact) mass is 110 g/mol. The van der Waals surface area contributed by atoms with E-state index >= 15 is 0 Å². The lowest BCUT2D eigenvalue weighted by Gasteiger charge is -1.98. The molecule has 0 aromatic heterocycles. The molecular formula is C8H14. The Labute approximate surface area is 51.9 Å². The summed E-state index contributed by atoms with van der Waals surface area (Å²) >= 11 is 0. The molecule has 0 aliphatic heterocycles. The van der Waals surface area contributed by atoms with Gasteiger partial charge in [0.1, 0.15) is 0 Å². The van der Waals surface area contributed by atoms with Crippen LogP contribution in [0.15, 0.2) is 23.8 Å². The summed E-state index contributed by atoms with van der Waals surface area (Å²) in [6.07, 6.45) is 3.15. The number of hydrogen-bond donors (Lipinski definition) is 0. The van der Waals surface area contributed by atoms with Crippen LogP contribution in [0.3, 0.4) is 0 Å². The minimum absolute atomic E-state index is 1.07. The van der Waals surface area contributed by atoms with Gasteiger partial charge in [-0.15, -0.1) is 0 Å². The molecule has 0 aromatic carbocycles. The SMILES string of the molecule is C=C(CC)/C(C)=C\C. The van der Waals surface area contributed by atoms with Gasteiger partial charge in [-0.05, 0) is 20.3 Å². The molecule has 0 bridgehead atoms. The van der Waals surface area contributed by atoms with Crippen LogP contribution in [0.4, 0.5) is 0 Å². The third kappa shape index (κ3) is 1.97. The van der Waals surface area contributed by atoms with E-state index < -0.39 is 0 Å². The van der Waals surface area contributed by atoms with Crippen molar-refractivity contribution in [3.8, 4) is 0 Å². The average Bonchev–Trinajstić information content (AvgIpc) is 1.84. The summed E-state index contributed by atoms with van der Waals surface area (Å²) in [5, 5.41) is 0. The normalized spacial score (nSPS) is 11.6. The van der Waals surface area contributed by atoms with E-state index in [2.05, 4.69) is 26.5 Å². The van der Waals surface area contributed by atoms with Crippen LogP contribution in [0.5, 0.6) is 0 Å². The topological polar surface area (TPSA) is 0 Å². The van der Waals surface area contributed by atoms with E-state index in [-0.39, 0.29) is 0 Å². The molecule has 0 aliphatic rings. The highest BCUT2D eigenvalue weighted by atomic mass is 13.9. The maximum Gasteiger partial charge on any atom is -0.0311 e. The molecule has 0 radical (unpaired) electrons. The highest BCUT2D eigenvalue weighted by Crippen LogP contribution is 2.08. The third-order valence-corrected chi connectivity index (χ3v) is 1.42. The molecule has 0 heterocycles. The molecule has 0 amide bonds. The second-order valence-electron chi connectivity index (χ2n) is 1.93. The summed E-state index contributed by atoms with van der Waals surface area (Å²) in [7, 11) is 0. The van der Waals surface area contributed by atoms with Crippen LogP contribution in [-0.4, -0.2) is 0 Å². The van der Waals surface area contributed by atoms with Crippen LogP contribution in [0.25, 0.3) is 0 Å². The van der Waals surface area contributed by atoms with E-state index in [1.807, 2.05) is 6.92 Å². The fourth-order valence-corrected chi connectivity index (χ4v) is 0.483. The Kier molecular flexibility index (Phi) is 3.25. The molecule has 0 nitrogen and oxygen atoms in total. The molecule has 8 heavy (non-hydrogen) atoms. The third-order valence-electron chi connectivity index (χ3n) is 1.42. The van der Waals surface area contributed by atoms with Crippen LogP contribution >= 0.6 is 0 Å². The summed E-state index contributed by atoms with van der Waals surface area (Å²) in [6, 6.07) is 0. The fraction of sp³-hybridized carbons (Fsp3) is 0.500. The summed E-state index contributed by atoms with van der Waals surface area (Å²) in [5.41, 5.74) is 2.56. The molecule has 0 fully saturated rings. The second kappa shape index (κ2) is 3.48. The first-order valence-corrected chi connectivity index (χ1v) is 3.03. The first kappa shape index (κ1) is 7.48. The average molecular weight is 110 g/mol. The van der Waals surface area contributed by atoms with Crippen LogP contribution in [0, 0.1) is 0 Å². The molecular weight excluding hydrogens is 96.1 g/mol. The Morgan fingerprint density at radius 3 is 2.25 bits per heavy atom. The molecule has 0 saturated carbocycles. The predicted molar refractivity (Wildman–Crippen MR) is 38.9 cm³/mol. The Hall–Kier alpha value is -0.520. The van der Waals surface area contributed by atoms with Gasteiger partial charge >= 0.3 is 0 Å². The lowest BCUT2D eigenvalue weighted by Crippen LogP contribution is -1.77. The standard InChI is InChI=1S/C8H14/c1-5-7(3)8(4)6-2/h6H,3,5H2,1-2,4H3/b8-6-. The van der Waals surface area contributed by atoms with Crippen molar-refractivity contribution in [2.45, 2.75) is 27.2 Å². The van der Waals surface area contributed by atoms with Crippen LogP contribution in [0.1, 0.15) is 27.2 Å². The lowest BCUT2D eigenvalue weighted by molar-refractivity contribution is 1.11. The molecule has 0 aliphatic carbocycles. The van der Waals surface area contributed by atoms with Crippen LogP contribution < -0.4 is 0 Å². The van der Waals surface area contributed by atoms with Crippen LogP contribution in [0.2, 0.25) is 0 Å². The summed E-state index contributed by atoms with van der Waals surface area (Å²) in [6.45, 7) is 10.1. The zero-order valence-corrected chi connectivity index (χ0v) is 5.99. The van der Waals surface area contributed by atoms with Crippen molar-refractivity contribution in [3.63, 3.8) is 0 Å². The molecule has 0 unspecified atom stereocenters. The van der Waals surface area contributed by atoms with Crippen LogP contribution in [-0.2, 0) is 0 Å². The van der Waals surface area contributed by atoms with Crippen molar-refractivity contribution in [2.24, 2.45) is 0 Å². The smallest absolute Gasteiger partial charge is 0.0311 e. The fourth-order valence-electron chi connectivity index (χ4n) is 0.483. The van der Waals surface area contributed by atoms with E-state index in [1.165, 1.54) is 11.1 Å². The molecule has 46 valence electrons. The lowest BCUT2D eigenvalue weighted by atomic mass is 10.1. The highest BCUT2D eigenvalue weighted by Gasteiger charge is 1.88. The van der Waals surface area contributed by atoms with Crippen molar-refractivity contribution in [2.75, 3.05) is 0 Å². The van der Waals surface area contributed by atoms with Crippen molar-refractivity contribution in [1.29, 1.82) is 0 Å². The quantitative estimate of drug-likeness (QED) is 0.479. The molecule has 0 rings (SSSR count). The molecule has 0 saturated heterocycles. The van der Waals surface area contributed by atoms with E-state index in [0.29, 0.717) is 0 Å². The maximum absolute atomic E-state index is 3.88. The van der Waals surface area contributed by atoms with E-state index in [9.17, 15) is 0 Å². The Morgan fingerprint density at radius 1 is 1.62 bits per heavy atom. The van der Waals surface area contributed by atoms with E-state index in [4.69, 9.17) is 0 Å².